The minimum atomic E-state index is -0.360. The maximum Gasteiger partial charge on any atom is 0.261 e. The quantitative estimate of drug-likeness (QED) is 0.331. The van der Waals surface area contributed by atoms with E-state index in [4.69, 9.17) is 17.0 Å². The molecule has 0 bridgehead atoms. The van der Waals surface area contributed by atoms with Gasteiger partial charge in [0.05, 0.1) is 12.2 Å². The number of thiocarbonyl (C=S) groups is 1. The molecule has 0 saturated heterocycles. The zero-order chi connectivity index (χ0) is 22.4. The van der Waals surface area contributed by atoms with Gasteiger partial charge in [-0.2, -0.15) is 0 Å². The minimum Gasteiger partial charge on any atom is -0.493 e. The fraction of sp³-hybridized carbons (Fsp3) is 0.348. The Hall–Kier alpha value is -2.45. The van der Waals surface area contributed by atoms with Crippen molar-refractivity contribution in [1.82, 2.24) is 5.32 Å². The Morgan fingerprint density at radius 2 is 1.87 bits per heavy atom. The van der Waals surface area contributed by atoms with Crippen LogP contribution < -0.4 is 20.7 Å². The van der Waals surface area contributed by atoms with E-state index in [0.717, 1.165) is 41.4 Å². The Morgan fingerprint density at radius 3 is 2.55 bits per heavy atom. The molecule has 0 atom stereocenters. The summed E-state index contributed by atoms with van der Waals surface area (Å²) in [4.78, 5) is 24.9. The summed E-state index contributed by atoms with van der Waals surface area (Å²) in [6, 6.07) is 10.8. The molecule has 3 rings (SSSR count). The first-order chi connectivity index (χ1) is 14.9. The van der Waals surface area contributed by atoms with Crippen molar-refractivity contribution in [2.75, 3.05) is 17.2 Å². The fourth-order valence-corrected chi connectivity index (χ4v) is 3.51. The minimum absolute atomic E-state index is 0.0430. The first-order valence-electron chi connectivity index (χ1n) is 10.3. The van der Waals surface area contributed by atoms with Gasteiger partial charge >= 0.3 is 0 Å². The monoisotopic (exact) mass is 503 g/mol. The molecule has 0 heterocycles. The van der Waals surface area contributed by atoms with Crippen LogP contribution in [0.15, 0.2) is 40.9 Å². The van der Waals surface area contributed by atoms with Crippen LogP contribution >= 0.6 is 28.1 Å². The third-order valence-electron chi connectivity index (χ3n) is 4.96. The zero-order valence-corrected chi connectivity index (χ0v) is 20.0. The predicted molar refractivity (Wildman–Crippen MR) is 131 cm³/mol. The van der Waals surface area contributed by atoms with Gasteiger partial charge in [0.25, 0.3) is 5.91 Å². The van der Waals surface area contributed by atoms with Crippen molar-refractivity contribution in [3.05, 3.63) is 52.0 Å². The van der Waals surface area contributed by atoms with Gasteiger partial charge < -0.3 is 15.4 Å². The molecule has 1 aliphatic rings. The van der Waals surface area contributed by atoms with Gasteiger partial charge in [-0.1, -0.05) is 35.3 Å². The normalized spacial score (nSPS) is 12.7. The molecule has 3 N–H and O–H groups in total. The van der Waals surface area contributed by atoms with Crippen LogP contribution in [-0.2, 0) is 4.79 Å². The van der Waals surface area contributed by atoms with Crippen molar-refractivity contribution < 1.29 is 14.3 Å². The van der Waals surface area contributed by atoms with E-state index in [1.54, 1.807) is 12.1 Å². The number of benzene rings is 2. The van der Waals surface area contributed by atoms with E-state index in [-0.39, 0.29) is 22.8 Å². The summed E-state index contributed by atoms with van der Waals surface area (Å²) in [5, 5.41) is 8.89. The van der Waals surface area contributed by atoms with Gasteiger partial charge in [-0.15, -0.1) is 0 Å². The lowest BCUT2D eigenvalue weighted by Crippen LogP contribution is -2.34. The summed E-state index contributed by atoms with van der Waals surface area (Å²) in [5.74, 6) is 0.316. The van der Waals surface area contributed by atoms with Gasteiger partial charge in [-0.05, 0) is 74.3 Å². The maximum absolute atomic E-state index is 12.8. The summed E-state index contributed by atoms with van der Waals surface area (Å²) in [5.41, 5.74) is 2.69. The highest BCUT2D eigenvalue weighted by Crippen LogP contribution is 2.31. The number of rotatable bonds is 8. The van der Waals surface area contributed by atoms with Crippen molar-refractivity contribution in [2.45, 2.75) is 39.5 Å². The van der Waals surface area contributed by atoms with E-state index in [1.165, 1.54) is 0 Å². The van der Waals surface area contributed by atoms with Crippen LogP contribution in [0.4, 0.5) is 11.4 Å². The number of hydrogen-bond donors (Lipinski definition) is 3. The van der Waals surface area contributed by atoms with Crippen LogP contribution in [0.2, 0.25) is 0 Å². The Balaban J connectivity index is 1.66. The molecule has 1 fully saturated rings. The van der Waals surface area contributed by atoms with Gasteiger partial charge in [0.2, 0.25) is 5.91 Å². The van der Waals surface area contributed by atoms with Crippen LogP contribution in [-0.4, -0.2) is 23.5 Å². The summed E-state index contributed by atoms with van der Waals surface area (Å²) < 4.78 is 6.54. The molecule has 31 heavy (non-hydrogen) atoms. The number of halogens is 1. The number of ether oxygens (including phenoxy) is 1. The molecule has 6 nitrogen and oxygen atoms in total. The van der Waals surface area contributed by atoms with Gasteiger partial charge in [-0.25, -0.2) is 0 Å². The molecule has 2 aromatic rings. The summed E-state index contributed by atoms with van der Waals surface area (Å²) >= 11 is 8.75. The van der Waals surface area contributed by atoms with Gasteiger partial charge in [0.1, 0.15) is 5.75 Å². The third-order valence-corrected chi connectivity index (χ3v) is 5.65. The topological polar surface area (TPSA) is 79.5 Å². The van der Waals surface area contributed by atoms with E-state index < -0.39 is 0 Å². The highest BCUT2D eigenvalue weighted by molar-refractivity contribution is 9.10. The smallest absolute Gasteiger partial charge is 0.261 e. The van der Waals surface area contributed by atoms with Crippen molar-refractivity contribution in [2.24, 2.45) is 5.92 Å². The average Bonchev–Trinajstić information content (AvgIpc) is 3.57. The maximum atomic E-state index is 12.8. The summed E-state index contributed by atoms with van der Waals surface area (Å²) in [6.45, 7) is 4.51. The number of hydrogen-bond acceptors (Lipinski definition) is 4. The second-order valence-electron chi connectivity index (χ2n) is 7.49. The molecule has 0 aliphatic heterocycles. The molecule has 0 radical (unpaired) electrons. The molecule has 8 heteroatoms. The van der Waals surface area contributed by atoms with Crippen molar-refractivity contribution in [3.8, 4) is 5.75 Å². The summed E-state index contributed by atoms with van der Waals surface area (Å²) in [6.07, 6.45) is 3.80. The second-order valence-corrected chi connectivity index (χ2v) is 8.82. The van der Waals surface area contributed by atoms with Crippen molar-refractivity contribution >= 4 is 56.4 Å². The first kappa shape index (κ1) is 23.2. The Kier molecular flexibility index (Phi) is 8.03. The molecular formula is C23H26BrN3O3S. The van der Waals surface area contributed by atoms with Crippen LogP contribution in [0.25, 0.3) is 0 Å². The average molecular weight is 504 g/mol. The molecule has 0 unspecified atom stereocenters. The number of amides is 2. The lowest BCUT2D eigenvalue weighted by molar-refractivity contribution is -0.117. The number of nitrogens with one attached hydrogen (secondary N) is 3. The zero-order valence-electron chi connectivity index (χ0n) is 17.6. The lowest BCUT2D eigenvalue weighted by Gasteiger charge is -2.16. The van der Waals surface area contributed by atoms with Gasteiger partial charge in [-0.3, -0.25) is 14.9 Å². The first-order valence-corrected chi connectivity index (χ1v) is 11.5. The second kappa shape index (κ2) is 10.7. The van der Waals surface area contributed by atoms with Crippen molar-refractivity contribution in [1.29, 1.82) is 0 Å². The molecule has 0 spiro atoms. The Morgan fingerprint density at radius 1 is 1.16 bits per heavy atom. The van der Waals surface area contributed by atoms with Gasteiger partial charge in [0.15, 0.2) is 5.11 Å². The number of carbonyl (C=O) groups excluding carboxylic acids is 2. The third kappa shape index (κ3) is 6.51. The van der Waals surface area contributed by atoms with E-state index in [0.29, 0.717) is 23.6 Å². The fourth-order valence-electron chi connectivity index (χ4n) is 2.94. The highest BCUT2D eigenvalue weighted by Gasteiger charge is 2.29. The summed E-state index contributed by atoms with van der Waals surface area (Å²) in [7, 11) is 0. The van der Waals surface area contributed by atoms with E-state index in [9.17, 15) is 9.59 Å². The molecule has 1 aliphatic carbocycles. The molecule has 2 aromatic carbocycles. The molecule has 164 valence electrons. The van der Waals surface area contributed by atoms with E-state index >= 15 is 0 Å². The van der Waals surface area contributed by atoms with Gasteiger partial charge in [0, 0.05) is 21.8 Å². The van der Waals surface area contributed by atoms with Crippen LogP contribution in [0, 0.1) is 12.8 Å². The van der Waals surface area contributed by atoms with Crippen LogP contribution in [0.1, 0.15) is 48.5 Å². The SMILES string of the molecule is CCCCOc1ccc(Br)cc1C(=O)NC(=S)Nc1cccc(NC(=O)C2CC2)c1C. The van der Waals surface area contributed by atoms with E-state index in [2.05, 4.69) is 38.8 Å². The van der Waals surface area contributed by atoms with Crippen LogP contribution in [0.5, 0.6) is 5.75 Å². The molecular weight excluding hydrogens is 478 g/mol. The molecule has 0 aromatic heterocycles. The largest absolute Gasteiger partial charge is 0.493 e. The Bertz CT molecular complexity index is 992. The molecule has 1 saturated carbocycles. The predicted octanol–water partition coefficient (Wildman–Crippen LogP) is 5.41. The number of anilines is 2. The number of unbranched alkanes of at least 4 members (excludes halogenated alkanes) is 1. The van der Waals surface area contributed by atoms with Crippen molar-refractivity contribution in [3.63, 3.8) is 0 Å². The highest BCUT2D eigenvalue weighted by atomic mass is 79.9. The lowest BCUT2D eigenvalue weighted by atomic mass is 10.1. The number of carbonyl (C=O) groups is 2. The van der Waals surface area contributed by atoms with Crippen LogP contribution in [0.3, 0.4) is 0 Å². The molecule has 2 amide bonds. The Labute approximate surface area is 196 Å². The standard InChI is InChI=1S/C23H26BrN3O3S/c1-3-4-12-30-20-11-10-16(24)13-17(20)22(29)27-23(31)26-19-7-5-6-18(14(19)2)25-21(28)15-8-9-15/h5-7,10-11,13,15H,3-4,8-9,12H2,1-2H3,(H,25,28)(H2,26,27,29,31). The van der Waals surface area contributed by atoms with E-state index in [1.807, 2.05) is 31.2 Å².